The minimum Gasteiger partial charge on any atom is -0.493 e. The Morgan fingerprint density at radius 1 is 1.17 bits per heavy atom. The Balaban J connectivity index is 1.76. The number of methoxy groups -OCH3 is 2. The highest BCUT2D eigenvalue weighted by Crippen LogP contribution is 2.33. The van der Waals surface area contributed by atoms with Gasteiger partial charge in [0.05, 0.1) is 20.1 Å². The van der Waals surface area contributed by atoms with Gasteiger partial charge in [0, 0.05) is 44.0 Å². The fraction of sp³-hybridized carbons (Fsp3) is 0.500. The van der Waals surface area contributed by atoms with E-state index < -0.39 is 0 Å². The number of anilines is 1. The van der Waals surface area contributed by atoms with Crippen molar-refractivity contribution in [2.24, 2.45) is 11.7 Å². The smallest absolute Gasteiger partial charge is 0.229 e. The quantitative estimate of drug-likeness (QED) is 0.841. The number of rotatable bonds is 4. The number of carbonyl (C=O) groups is 1. The van der Waals surface area contributed by atoms with Gasteiger partial charge in [-0.2, -0.15) is 0 Å². The van der Waals surface area contributed by atoms with Crippen LogP contribution >= 0.6 is 0 Å². The van der Waals surface area contributed by atoms with E-state index in [1.54, 1.807) is 14.2 Å². The summed E-state index contributed by atoms with van der Waals surface area (Å²) in [6, 6.07) is 5.75. The monoisotopic (exact) mass is 331 g/mol. The van der Waals surface area contributed by atoms with Crippen LogP contribution in [0.5, 0.6) is 11.5 Å². The molecule has 0 radical (unpaired) electrons. The third-order valence-corrected chi connectivity index (χ3v) is 4.85. The second-order valence-electron chi connectivity index (χ2n) is 6.26. The number of ether oxygens (including phenoxy) is 2. The molecular weight excluding hydrogens is 306 g/mol. The summed E-state index contributed by atoms with van der Waals surface area (Å²) in [7, 11) is 3.25. The summed E-state index contributed by atoms with van der Waals surface area (Å²) in [5.74, 6) is 1.37. The predicted molar refractivity (Wildman–Crippen MR) is 93.6 cm³/mol. The Labute approximate surface area is 142 Å². The van der Waals surface area contributed by atoms with E-state index >= 15 is 0 Å². The van der Waals surface area contributed by atoms with Gasteiger partial charge < -0.3 is 25.0 Å². The van der Waals surface area contributed by atoms with Crippen molar-refractivity contribution in [3.63, 3.8) is 0 Å². The maximum Gasteiger partial charge on any atom is 0.229 e. The van der Waals surface area contributed by atoms with Gasteiger partial charge >= 0.3 is 0 Å². The molecule has 2 aliphatic rings. The van der Waals surface area contributed by atoms with Crippen LogP contribution < -0.4 is 20.1 Å². The number of piperidine rings is 1. The molecule has 2 heterocycles. The molecule has 0 aromatic heterocycles. The summed E-state index contributed by atoms with van der Waals surface area (Å²) >= 11 is 0. The molecule has 1 aromatic carbocycles. The molecule has 1 fully saturated rings. The van der Waals surface area contributed by atoms with Gasteiger partial charge in [0.15, 0.2) is 11.5 Å². The lowest BCUT2D eigenvalue weighted by molar-refractivity contribution is -0.134. The lowest BCUT2D eigenvalue weighted by Crippen LogP contribution is -2.53. The highest BCUT2D eigenvalue weighted by Gasteiger charge is 2.35. The van der Waals surface area contributed by atoms with Gasteiger partial charge in [0.25, 0.3) is 0 Å². The van der Waals surface area contributed by atoms with E-state index in [1.807, 2.05) is 35.3 Å². The molecule has 2 N–H and O–H groups in total. The SMILES string of the molecule is COc1ccc(N2CC[C@@H](N)[C@H](C(=O)N3CC=CC3)C2)cc1OC. The number of hydrogen-bond acceptors (Lipinski definition) is 5. The standard InChI is InChI=1S/C18H25N3O3/c1-23-16-6-5-13(11-17(16)24-2)21-10-7-15(19)14(12-21)18(22)20-8-3-4-9-20/h3-6,11,14-15H,7-10,12,19H2,1-2H3/t14-,15-/m1/s1. The van der Waals surface area contributed by atoms with E-state index in [1.165, 1.54) is 0 Å². The summed E-state index contributed by atoms with van der Waals surface area (Å²) in [4.78, 5) is 16.8. The Hall–Kier alpha value is -2.21. The predicted octanol–water partition coefficient (Wildman–Crippen LogP) is 1.26. The Bertz CT molecular complexity index is 624. The van der Waals surface area contributed by atoms with E-state index in [4.69, 9.17) is 15.2 Å². The van der Waals surface area contributed by atoms with Crippen molar-refractivity contribution in [2.75, 3.05) is 45.3 Å². The summed E-state index contributed by atoms with van der Waals surface area (Å²) in [6.45, 7) is 2.85. The number of amides is 1. The van der Waals surface area contributed by atoms with Gasteiger partial charge in [-0.05, 0) is 18.6 Å². The fourth-order valence-corrected chi connectivity index (χ4v) is 3.38. The molecule has 130 valence electrons. The molecule has 1 amide bonds. The van der Waals surface area contributed by atoms with Crippen molar-refractivity contribution in [1.82, 2.24) is 4.90 Å². The lowest BCUT2D eigenvalue weighted by atomic mass is 9.91. The van der Waals surface area contributed by atoms with Gasteiger partial charge in [-0.1, -0.05) is 12.2 Å². The second kappa shape index (κ2) is 7.13. The topological polar surface area (TPSA) is 68.0 Å². The Morgan fingerprint density at radius 3 is 2.54 bits per heavy atom. The van der Waals surface area contributed by atoms with Gasteiger partial charge in [0.1, 0.15) is 0 Å². The van der Waals surface area contributed by atoms with Crippen LogP contribution in [0.4, 0.5) is 5.69 Å². The summed E-state index contributed by atoms with van der Waals surface area (Å²) < 4.78 is 10.7. The first-order valence-electron chi connectivity index (χ1n) is 8.30. The Morgan fingerprint density at radius 2 is 1.88 bits per heavy atom. The molecule has 2 aliphatic heterocycles. The molecule has 6 nitrogen and oxygen atoms in total. The highest BCUT2D eigenvalue weighted by molar-refractivity contribution is 5.81. The second-order valence-corrected chi connectivity index (χ2v) is 6.26. The van der Waals surface area contributed by atoms with Gasteiger partial charge in [-0.3, -0.25) is 4.79 Å². The number of nitrogens with zero attached hydrogens (tertiary/aromatic N) is 2. The zero-order chi connectivity index (χ0) is 17.1. The van der Waals surface area contributed by atoms with Crippen molar-refractivity contribution in [2.45, 2.75) is 12.5 Å². The minimum absolute atomic E-state index is 0.0884. The number of hydrogen-bond donors (Lipinski definition) is 1. The zero-order valence-electron chi connectivity index (χ0n) is 14.3. The van der Waals surface area contributed by atoms with E-state index in [0.29, 0.717) is 31.1 Å². The largest absolute Gasteiger partial charge is 0.493 e. The van der Waals surface area contributed by atoms with Crippen molar-refractivity contribution in [1.29, 1.82) is 0 Å². The van der Waals surface area contributed by atoms with Crippen LogP contribution in [0.3, 0.4) is 0 Å². The van der Waals surface area contributed by atoms with Gasteiger partial charge in [-0.25, -0.2) is 0 Å². The molecule has 0 saturated carbocycles. The van der Waals surface area contributed by atoms with Crippen LogP contribution in [-0.2, 0) is 4.79 Å². The van der Waals surface area contributed by atoms with E-state index in [2.05, 4.69) is 4.90 Å². The van der Waals surface area contributed by atoms with Gasteiger partial charge in [-0.15, -0.1) is 0 Å². The van der Waals surface area contributed by atoms with Crippen molar-refractivity contribution in [3.05, 3.63) is 30.4 Å². The van der Waals surface area contributed by atoms with E-state index in [-0.39, 0.29) is 17.9 Å². The fourth-order valence-electron chi connectivity index (χ4n) is 3.38. The summed E-state index contributed by atoms with van der Waals surface area (Å²) in [5.41, 5.74) is 7.28. The minimum atomic E-state index is -0.174. The molecule has 2 atom stereocenters. The van der Waals surface area contributed by atoms with Crippen LogP contribution in [0.2, 0.25) is 0 Å². The lowest BCUT2D eigenvalue weighted by Gasteiger charge is -2.39. The van der Waals surface area contributed by atoms with Crippen LogP contribution in [0.25, 0.3) is 0 Å². The van der Waals surface area contributed by atoms with E-state index in [9.17, 15) is 4.79 Å². The average molecular weight is 331 g/mol. The van der Waals surface area contributed by atoms with Crippen LogP contribution in [-0.4, -0.2) is 57.2 Å². The van der Waals surface area contributed by atoms with Gasteiger partial charge in [0.2, 0.25) is 5.91 Å². The normalized spacial score (nSPS) is 23.5. The molecular formula is C18H25N3O3. The summed E-state index contributed by atoms with van der Waals surface area (Å²) in [5, 5.41) is 0. The third kappa shape index (κ3) is 3.19. The first-order valence-corrected chi connectivity index (χ1v) is 8.30. The maximum absolute atomic E-state index is 12.7. The first-order chi connectivity index (χ1) is 11.6. The molecule has 0 bridgehead atoms. The van der Waals surface area contributed by atoms with Crippen molar-refractivity contribution >= 4 is 11.6 Å². The molecule has 0 aliphatic carbocycles. The highest BCUT2D eigenvalue weighted by atomic mass is 16.5. The zero-order valence-corrected chi connectivity index (χ0v) is 14.3. The average Bonchev–Trinajstić information content (AvgIpc) is 3.15. The Kier molecular flexibility index (Phi) is 4.94. The number of nitrogens with two attached hydrogens (primary N) is 1. The van der Waals surface area contributed by atoms with Crippen LogP contribution in [0, 0.1) is 5.92 Å². The molecule has 24 heavy (non-hydrogen) atoms. The first kappa shape index (κ1) is 16.6. The number of carbonyl (C=O) groups excluding carboxylic acids is 1. The maximum atomic E-state index is 12.7. The van der Waals surface area contributed by atoms with Crippen LogP contribution in [0.1, 0.15) is 6.42 Å². The third-order valence-electron chi connectivity index (χ3n) is 4.85. The molecule has 3 rings (SSSR count). The molecule has 1 saturated heterocycles. The molecule has 6 heteroatoms. The molecule has 0 unspecified atom stereocenters. The van der Waals surface area contributed by atoms with Crippen molar-refractivity contribution < 1.29 is 14.3 Å². The number of benzene rings is 1. The van der Waals surface area contributed by atoms with Crippen LogP contribution in [0.15, 0.2) is 30.4 Å². The van der Waals surface area contributed by atoms with E-state index in [0.717, 1.165) is 18.7 Å². The van der Waals surface area contributed by atoms with Crippen molar-refractivity contribution in [3.8, 4) is 11.5 Å². The molecule has 0 spiro atoms. The summed E-state index contributed by atoms with van der Waals surface area (Å²) in [6.07, 6.45) is 4.85. The molecule has 1 aromatic rings.